The molecule has 1 unspecified atom stereocenters. The number of benzene rings is 1. The molecule has 1 aliphatic heterocycles. The van der Waals surface area contributed by atoms with Gasteiger partial charge in [0.1, 0.15) is 0 Å². The second-order valence-corrected chi connectivity index (χ2v) is 4.09. The Hall–Kier alpha value is -1.62. The first-order valence-electron chi connectivity index (χ1n) is 5.39. The van der Waals surface area contributed by atoms with Crippen LogP contribution in [0.2, 0.25) is 0 Å². The van der Waals surface area contributed by atoms with E-state index in [1.807, 2.05) is 6.07 Å². The van der Waals surface area contributed by atoms with Crippen molar-refractivity contribution < 1.29 is 4.92 Å². The lowest BCUT2D eigenvalue weighted by molar-refractivity contribution is -0.385. The maximum Gasteiger partial charge on any atom is 0.272 e. The van der Waals surface area contributed by atoms with Gasteiger partial charge in [0.15, 0.2) is 0 Å². The summed E-state index contributed by atoms with van der Waals surface area (Å²) in [5, 5.41) is 17.3. The molecule has 1 atom stereocenters. The summed E-state index contributed by atoms with van der Waals surface area (Å²) in [6.45, 7) is 3.75. The summed E-state index contributed by atoms with van der Waals surface area (Å²) >= 11 is 0. The van der Waals surface area contributed by atoms with Crippen molar-refractivity contribution in [2.45, 2.75) is 19.4 Å². The molecule has 2 rings (SSSR count). The average molecular weight is 221 g/mol. The molecule has 1 aliphatic rings. The van der Waals surface area contributed by atoms with Crippen LogP contribution < -0.4 is 10.6 Å². The van der Waals surface area contributed by atoms with E-state index in [9.17, 15) is 10.1 Å². The standard InChI is InChI=1S/C11H15N3O2/c1-8-6-9(2-3-11(8)14(15)16)13-10-4-5-12-7-10/h2-3,6,10,12-13H,4-5,7H2,1H3. The zero-order chi connectivity index (χ0) is 11.5. The van der Waals surface area contributed by atoms with E-state index in [1.54, 1.807) is 19.1 Å². The van der Waals surface area contributed by atoms with Gasteiger partial charge in [-0.05, 0) is 32.0 Å². The van der Waals surface area contributed by atoms with Crippen LogP contribution in [0.3, 0.4) is 0 Å². The van der Waals surface area contributed by atoms with Crippen molar-refractivity contribution in [2.75, 3.05) is 18.4 Å². The fourth-order valence-corrected chi connectivity index (χ4v) is 1.96. The minimum absolute atomic E-state index is 0.176. The van der Waals surface area contributed by atoms with Crippen molar-refractivity contribution >= 4 is 11.4 Å². The van der Waals surface area contributed by atoms with Crippen molar-refractivity contribution in [3.05, 3.63) is 33.9 Å². The minimum Gasteiger partial charge on any atom is -0.381 e. The summed E-state index contributed by atoms with van der Waals surface area (Å²) in [6, 6.07) is 5.58. The van der Waals surface area contributed by atoms with Crippen molar-refractivity contribution in [2.24, 2.45) is 0 Å². The summed E-state index contributed by atoms with van der Waals surface area (Å²) in [5.41, 5.74) is 1.83. The molecule has 2 N–H and O–H groups in total. The fraction of sp³-hybridized carbons (Fsp3) is 0.455. The SMILES string of the molecule is Cc1cc(NC2CCNC2)ccc1[N+](=O)[O-]. The molecule has 1 heterocycles. The van der Waals surface area contributed by atoms with Gasteiger partial charge in [-0.3, -0.25) is 10.1 Å². The maximum absolute atomic E-state index is 10.7. The first-order valence-corrected chi connectivity index (χ1v) is 5.39. The van der Waals surface area contributed by atoms with Crippen LogP contribution in [0, 0.1) is 17.0 Å². The van der Waals surface area contributed by atoms with Gasteiger partial charge in [0.2, 0.25) is 0 Å². The van der Waals surface area contributed by atoms with E-state index in [1.165, 1.54) is 0 Å². The third-order valence-corrected chi connectivity index (χ3v) is 2.82. The number of aryl methyl sites for hydroxylation is 1. The van der Waals surface area contributed by atoms with Crippen LogP contribution in [-0.4, -0.2) is 24.1 Å². The Kier molecular flexibility index (Phi) is 3.05. The molecular weight excluding hydrogens is 206 g/mol. The van der Waals surface area contributed by atoms with Gasteiger partial charge in [-0.25, -0.2) is 0 Å². The molecule has 1 fully saturated rings. The molecule has 0 saturated carbocycles. The molecule has 0 radical (unpaired) electrons. The number of hydrogen-bond acceptors (Lipinski definition) is 4. The Morgan fingerprint density at radius 1 is 1.56 bits per heavy atom. The number of nitro groups is 1. The Morgan fingerprint density at radius 2 is 2.38 bits per heavy atom. The largest absolute Gasteiger partial charge is 0.381 e. The van der Waals surface area contributed by atoms with Gasteiger partial charge in [-0.2, -0.15) is 0 Å². The Morgan fingerprint density at radius 3 is 2.94 bits per heavy atom. The van der Waals surface area contributed by atoms with E-state index in [0.29, 0.717) is 11.6 Å². The quantitative estimate of drug-likeness (QED) is 0.602. The highest BCUT2D eigenvalue weighted by Gasteiger charge is 2.15. The first kappa shape index (κ1) is 10.9. The molecular formula is C11H15N3O2. The number of anilines is 1. The number of rotatable bonds is 3. The number of nitro benzene ring substituents is 1. The van der Waals surface area contributed by atoms with E-state index in [0.717, 1.165) is 25.2 Å². The Bertz CT molecular complexity index is 400. The van der Waals surface area contributed by atoms with Crippen LogP contribution in [0.15, 0.2) is 18.2 Å². The smallest absolute Gasteiger partial charge is 0.272 e. The third kappa shape index (κ3) is 2.30. The number of nitrogens with one attached hydrogen (secondary N) is 2. The first-order chi connectivity index (χ1) is 7.66. The lowest BCUT2D eigenvalue weighted by Crippen LogP contribution is -2.22. The molecule has 16 heavy (non-hydrogen) atoms. The van der Waals surface area contributed by atoms with Gasteiger partial charge in [-0.15, -0.1) is 0 Å². The van der Waals surface area contributed by atoms with Gasteiger partial charge < -0.3 is 10.6 Å². The maximum atomic E-state index is 10.7. The van der Waals surface area contributed by atoms with E-state index in [4.69, 9.17) is 0 Å². The van der Waals surface area contributed by atoms with Gasteiger partial charge >= 0.3 is 0 Å². The van der Waals surface area contributed by atoms with Gasteiger partial charge in [0, 0.05) is 29.9 Å². The molecule has 86 valence electrons. The van der Waals surface area contributed by atoms with E-state index >= 15 is 0 Å². The molecule has 5 nitrogen and oxygen atoms in total. The van der Waals surface area contributed by atoms with Gasteiger partial charge in [0.25, 0.3) is 5.69 Å². The molecule has 0 amide bonds. The Balaban J connectivity index is 2.11. The molecule has 1 saturated heterocycles. The van der Waals surface area contributed by atoms with Crippen LogP contribution in [-0.2, 0) is 0 Å². The highest BCUT2D eigenvalue weighted by Crippen LogP contribution is 2.22. The summed E-state index contributed by atoms with van der Waals surface area (Å²) in [7, 11) is 0. The summed E-state index contributed by atoms with van der Waals surface area (Å²) in [5.74, 6) is 0. The molecule has 0 spiro atoms. The normalized spacial score (nSPS) is 19.7. The summed E-state index contributed by atoms with van der Waals surface area (Å²) < 4.78 is 0. The van der Waals surface area contributed by atoms with Gasteiger partial charge in [0.05, 0.1) is 4.92 Å². The highest BCUT2D eigenvalue weighted by molar-refractivity contribution is 5.54. The molecule has 1 aromatic carbocycles. The predicted octanol–water partition coefficient (Wildman–Crippen LogP) is 1.68. The van der Waals surface area contributed by atoms with Crippen LogP contribution >= 0.6 is 0 Å². The molecule has 0 aromatic heterocycles. The molecule has 1 aromatic rings. The molecule has 0 bridgehead atoms. The van der Waals surface area contributed by atoms with E-state index in [-0.39, 0.29) is 10.6 Å². The number of nitrogens with zero attached hydrogens (tertiary/aromatic N) is 1. The Labute approximate surface area is 94.0 Å². The minimum atomic E-state index is -0.351. The lowest BCUT2D eigenvalue weighted by atomic mass is 10.1. The number of hydrogen-bond donors (Lipinski definition) is 2. The van der Waals surface area contributed by atoms with Crippen LogP contribution in [0.5, 0.6) is 0 Å². The van der Waals surface area contributed by atoms with E-state index in [2.05, 4.69) is 10.6 Å². The summed E-state index contributed by atoms with van der Waals surface area (Å²) in [6.07, 6.45) is 1.09. The van der Waals surface area contributed by atoms with Crippen molar-refractivity contribution in [1.82, 2.24) is 5.32 Å². The van der Waals surface area contributed by atoms with Crippen LogP contribution in [0.4, 0.5) is 11.4 Å². The second kappa shape index (κ2) is 4.49. The monoisotopic (exact) mass is 221 g/mol. The average Bonchev–Trinajstić information content (AvgIpc) is 2.70. The predicted molar refractivity (Wildman–Crippen MR) is 62.7 cm³/mol. The van der Waals surface area contributed by atoms with Crippen molar-refractivity contribution in [3.63, 3.8) is 0 Å². The van der Waals surface area contributed by atoms with Gasteiger partial charge in [-0.1, -0.05) is 0 Å². The fourth-order valence-electron chi connectivity index (χ4n) is 1.96. The zero-order valence-corrected chi connectivity index (χ0v) is 9.19. The van der Waals surface area contributed by atoms with Crippen LogP contribution in [0.25, 0.3) is 0 Å². The van der Waals surface area contributed by atoms with Crippen molar-refractivity contribution in [1.29, 1.82) is 0 Å². The van der Waals surface area contributed by atoms with Crippen LogP contribution in [0.1, 0.15) is 12.0 Å². The molecule has 5 heteroatoms. The second-order valence-electron chi connectivity index (χ2n) is 4.09. The topological polar surface area (TPSA) is 67.2 Å². The highest BCUT2D eigenvalue weighted by atomic mass is 16.6. The van der Waals surface area contributed by atoms with Crippen molar-refractivity contribution in [3.8, 4) is 0 Å². The van der Waals surface area contributed by atoms with E-state index < -0.39 is 0 Å². The lowest BCUT2D eigenvalue weighted by Gasteiger charge is -2.13. The summed E-state index contributed by atoms with van der Waals surface area (Å²) in [4.78, 5) is 10.3. The zero-order valence-electron chi connectivity index (χ0n) is 9.19. The third-order valence-electron chi connectivity index (χ3n) is 2.82. The molecule has 0 aliphatic carbocycles.